The maximum atomic E-state index is 14.6. The predicted octanol–water partition coefficient (Wildman–Crippen LogP) is 5.74. The Balaban J connectivity index is 1.42. The van der Waals surface area contributed by atoms with Gasteiger partial charge in [-0.25, -0.2) is 4.39 Å². The van der Waals surface area contributed by atoms with E-state index in [9.17, 15) is 18.8 Å². The molecule has 2 aliphatic heterocycles. The Labute approximate surface area is 241 Å². The number of nitrogens with zero attached hydrogens (tertiary/aromatic N) is 4. The van der Waals surface area contributed by atoms with Crippen LogP contribution in [0.25, 0.3) is 11.0 Å². The molecule has 4 heterocycles. The van der Waals surface area contributed by atoms with Gasteiger partial charge in [-0.3, -0.25) is 19.3 Å². The molecule has 2 aliphatic rings. The Morgan fingerprint density at radius 3 is 2.54 bits per heavy atom. The summed E-state index contributed by atoms with van der Waals surface area (Å²) in [6, 6.07) is 20.1. The minimum atomic E-state index is -1.79. The number of carbonyl (C=O) groups excluding carboxylic acids is 2. The van der Waals surface area contributed by atoms with Crippen LogP contribution in [-0.2, 0) is 16.1 Å². The zero-order chi connectivity index (χ0) is 28.3. The third-order valence-corrected chi connectivity index (χ3v) is 9.45. The van der Waals surface area contributed by atoms with Crippen molar-refractivity contribution in [1.82, 2.24) is 10.2 Å². The average molecular weight is 585 g/mol. The third-order valence-electron chi connectivity index (χ3n) is 7.34. The first-order chi connectivity index (χ1) is 19.9. The number of hydrogen-bond acceptors (Lipinski definition) is 8. The first-order valence-corrected chi connectivity index (χ1v) is 14.8. The first kappa shape index (κ1) is 25.6. The molecule has 204 valence electrons. The number of rotatable bonds is 6. The lowest BCUT2D eigenvalue weighted by Crippen LogP contribution is -2.53. The van der Waals surface area contributed by atoms with Gasteiger partial charge in [0.25, 0.3) is 11.8 Å². The molecule has 7 rings (SSSR count). The van der Waals surface area contributed by atoms with Crippen molar-refractivity contribution in [3.63, 3.8) is 0 Å². The number of fused-ring (bicyclic) bond motifs is 5. The number of anilines is 2. The molecule has 11 heteroatoms. The van der Waals surface area contributed by atoms with Gasteiger partial charge >= 0.3 is 0 Å². The van der Waals surface area contributed by atoms with Gasteiger partial charge in [-0.1, -0.05) is 72.5 Å². The number of para-hydroxylation sites is 2. The number of thioether (sulfide) groups is 1. The molecule has 3 aromatic carbocycles. The number of aromatic nitrogens is 2. The van der Waals surface area contributed by atoms with Gasteiger partial charge in [0, 0.05) is 17.9 Å². The Morgan fingerprint density at radius 2 is 1.73 bits per heavy atom. The second kappa shape index (κ2) is 9.64. The molecule has 0 N–H and O–H groups in total. The van der Waals surface area contributed by atoms with E-state index in [1.54, 1.807) is 53.4 Å². The van der Waals surface area contributed by atoms with E-state index in [1.807, 2.05) is 19.1 Å². The number of hydrogen-bond donors (Lipinski definition) is 0. The van der Waals surface area contributed by atoms with Crippen LogP contribution < -0.4 is 15.2 Å². The van der Waals surface area contributed by atoms with Crippen LogP contribution in [0.2, 0.25) is 0 Å². The van der Waals surface area contributed by atoms with Crippen molar-refractivity contribution in [3.05, 3.63) is 111 Å². The summed E-state index contributed by atoms with van der Waals surface area (Å²) in [6.45, 7) is 2.37. The van der Waals surface area contributed by atoms with Gasteiger partial charge in [0.15, 0.2) is 15.3 Å². The van der Waals surface area contributed by atoms with Gasteiger partial charge < -0.3 is 9.32 Å². The van der Waals surface area contributed by atoms with Gasteiger partial charge in [0.2, 0.25) is 10.9 Å². The molecule has 1 atom stereocenters. The molecule has 2 aromatic heterocycles. The van der Waals surface area contributed by atoms with Crippen molar-refractivity contribution < 1.29 is 18.4 Å². The number of halogens is 1. The molecule has 1 spiro atoms. The molecule has 0 radical (unpaired) electrons. The summed E-state index contributed by atoms with van der Waals surface area (Å²) in [4.78, 5) is 45.8. The second-order valence-corrected chi connectivity index (χ2v) is 11.9. The average Bonchev–Trinajstić information content (AvgIpc) is 3.62. The van der Waals surface area contributed by atoms with Crippen LogP contribution in [0.15, 0.2) is 86.3 Å². The molecule has 2 amide bonds. The molecule has 5 aromatic rings. The van der Waals surface area contributed by atoms with Crippen molar-refractivity contribution >= 4 is 56.7 Å². The van der Waals surface area contributed by atoms with Crippen LogP contribution >= 0.6 is 23.1 Å². The highest BCUT2D eigenvalue weighted by atomic mass is 32.2. The quantitative estimate of drug-likeness (QED) is 0.186. The van der Waals surface area contributed by atoms with Crippen LogP contribution in [0.5, 0.6) is 0 Å². The Morgan fingerprint density at radius 1 is 0.976 bits per heavy atom. The zero-order valence-electron chi connectivity index (χ0n) is 21.7. The van der Waals surface area contributed by atoms with Crippen molar-refractivity contribution in [2.24, 2.45) is 0 Å². The zero-order valence-corrected chi connectivity index (χ0v) is 23.3. The summed E-state index contributed by atoms with van der Waals surface area (Å²) in [7, 11) is 0. The van der Waals surface area contributed by atoms with Crippen LogP contribution in [0.1, 0.15) is 40.6 Å². The summed E-state index contributed by atoms with van der Waals surface area (Å²) < 4.78 is 20.0. The summed E-state index contributed by atoms with van der Waals surface area (Å²) in [5.74, 6) is -1.03. The molecule has 0 saturated carbocycles. The van der Waals surface area contributed by atoms with Gasteiger partial charge in [0.1, 0.15) is 11.4 Å². The molecule has 0 fully saturated rings. The molecule has 0 saturated heterocycles. The highest BCUT2D eigenvalue weighted by molar-refractivity contribution is 8.00. The lowest BCUT2D eigenvalue weighted by Gasteiger charge is -2.32. The number of carbonyl (C=O) groups is 2. The second-order valence-electron chi connectivity index (χ2n) is 9.72. The van der Waals surface area contributed by atoms with Crippen molar-refractivity contribution in [3.8, 4) is 0 Å². The summed E-state index contributed by atoms with van der Waals surface area (Å²) >= 11 is 2.53. The molecule has 0 aliphatic carbocycles. The Kier molecular flexibility index (Phi) is 6.02. The largest absolute Gasteiger partial charge is 0.450 e. The fourth-order valence-electron chi connectivity index (χ4n) is 5.63. The minimum absolute atomic E-state index is 0.00651. The van der Waals surface area contributed by atoms with E-state index < -0.39 is 22.8 Å². The molecule has 8 nitrogen and oxygen atoms in total. The Bertz CT molecular complexity index is 1920. The predicted molar refractivity (Wildman–Crippen MR) is 155 cm³/mol. The maximum Gasteiger partial charge on any atom is 0.297 e. The highest BCUT2D eigenvalue weighted by Gasteiger charge is 2.66. The van der Waals surface area contributed by atoms with Crippen molar-refractivity contribution in [1.29, 1.82) is 0 Å². The lowest BCUT2D eigenvalue weighted by molar-refractivity contribution is -0.121. The molecule has 41 heavy (non-hydrogen) atoms. The van der Waals surface area contributed by atoms with Crippen LogP contribution in [0.4, 0.5) is 15.2 Å². The van der Waals surface area contributed by atoms with E-state index in [2.05, 4.69) is 10.2 Å². The van der Waals surface area contributed by atoms with Crippen LogP contribution in [0, 0.1) is 5.82 Å². The van der Waals surface area contributed by atoms with E-state index in [1.165, 1.54) is 28.8 Å². The summed E-state index contributed by atoms with van der Waals surface area (Å²) in [6.07, 6.45) is 0.673. The highest BCUT2D eigenvalue weighted by Crippen LogP contribution is 2.54. The third kappa shape index (κ3) is 3.69. The Hall–Kier alpha value is -4.35. The van der Waals surface area contributed by atoms with E-state index in [0.717, 1.165) is 16.9 Å². The SMILES string of the molecule is CCCN1C(=O)C2(c3ccccc31)c1c(oc3ccccc3c1=O)C(=O)N2c1nnc(SCc2ccc(F)cc2)s1. The fraction of sp³-hybridized carbons (Fsp3) is 0.167. The van der Waals surface area contributed by atoms with Gasteiger partial charge in [-0.2, -0.15) is 0 Å². The lowest BCUT2D eigenvalue weighted by atomic mass is 9.84. The normalized spacial score (nSPS) is 17.6. The fourth-order valence-corrected chi connectivity index (χ4v) is 7.48. The van der Waals surface area contributed by atoms with Crippen LogP contribution in [0.3, 0.4) is 0 Å². The van der Waals surface area contributed by atoms with E-state index in [-0.39, 0.29) is 33.2 Å². The number of benzene rings is 3. The van der Waals surface area contributed by atoms with Crippen LogP contribution in [-0.4, -0.2) is 28.6 Å². The van der Waals surface area contributed by atoms with E-state index in [0.29, 0.717) is 34.3 Å². The minimum Gasteiger partial charge on any atom is -0.450 e. The van der Waals surface area contributed by atoms with E-state index >= 15 is 0 Å². The monoisotopic (exact) mass is 584 g/mol. The smallest absolute Gasteiger partial charge is 0.297 e. The molecule has 0 bridgehead atoms. The van der Waals surface area contributed by atoms with Gasteiger partial charge in [0.05, 0.1) is 16.6 Å². The van der Waals surface area contributed by atoms with Gasteiger partial charge in [-0.15, -0.1) is 10.2 Å². The first-order valence-electron chi connectivity index (χ1n) is 13.0. The summed E-state index contributed by atoms with van der Waals surface area (Å²) in [5, 5.41) is 9.08. The summed E-state index contributed by atoms with van der Waals surface area (Å²) in [5.41, 5.74) is 0.0742. The molecular formula is C30H21FN4O4S2. The standard InChI is InChI=1S/C30H21FN4O4S2/c1-2-15-34-21-9-5-4-8-20(21)30(27(34)38)23-24(36)19-7-3-6-10-22(19)39-25(23)26(37)35(30)28-32-33-29(41-28)40-16-17-11-13-18(31)14-12-17/h3-14H,2,15-16H2,1H3. The maximum absolute atomic E-state index is 14.6. The topological polar surface area (TPSA) is 96.6 Å². The van der Waals surface area contributed by atoms with Crippen molar-refractivity contribution in [2.45, 2.75) is 29.0 Å². The number of amides is 2. The molecular weight excluding hydrogens is 563 g/mol. The van der Waals surface area contributed by atoms with Crippen molar-refractivity contribution in [2.75, 3.05) is 16.3 Å². The van der Waals surface area contributed by atoms with Gasteiger partial charge in [-0.05, 0) is 42.3 Å². The van der Waals surface area contributed by atoms with E-state index in [4.69, 9.17) is 4.42 Å². The molecule has 1 unspecified atom stereocenters.